The zero-order valence-electron chi connectivity index (χ0n) is 7.58. The van der Waals surface area contributed by atoms with Gasteiger partial charge in [0, 0.05) is 5.41 Å². The summed E-state index contributed by atoms with van der Waals surface area (Å²) in [5, 5.41) is 0. The first-order valence-electron chi connectivity index (χ1n) is 4.37. The molecule has 1 aliphatic rings. The van der Waals surface area contributed by atoms with Crippen LogP contribution in [-0.4, -0.2) is 6.61 Å². The van der Waals surface area contributed by atoms with Crippen LogP contribution in [0.25, 0.3) is 0 Å². The summed E-state index contributed by atoms with van der Waals surface area (Å²) in [7, 11) is 0. The Morgan fingerprint density at radius 1 is 1.25 bits per heavy atom. The molecule has 0 saturated carbocycles. The minimum Gasteiger partial charge on any atom is -0.372 e. The lowest BCUT2D eigenvalue weighted by Crippen LogP contribution is -2.40. The van der Waals surface area contributed by atoms with Gasteiger partial charge in [-0.2, -0.15) is 0 Å². The first-order chi connectivity index (χ1) is 5.70. The van der Waals surface area contributed by atoms with E-state index < -0.39 is 0 Å². The van der Waals surface area contributed by atoms with Gasteiger partial charge in [0.1, 0.15) is 0 Å². The number of rotatable bonds is 1. The second-order valence-corrected chi connectivity index (χ2v) is 4.09. The summed E-state index contributed by atoms with van der Waals surface area (Å²) >= 11 is 0. The summed E-state index contributed by atoms with van der Waals surface area (Å²) in [5.41, 5.74) is 1.62. The lowest BCUT2D eigenvalue weighted by atomic mass is 9.79. The summed E-state index contributed by atoms with van der Waals surface area (Å²) in [4.78, 5) is 0. The van der Waals surface area contributed by atoms with Crippen molar-refractivity contribution in [3.63, 3.8) is 0 Å². The van der Waals surface area contributed by atoms with E-state index >= 15 is 0 Å². The van der Waals surface area contributed by atoms with Gasteiger partial charge in [-0.05, 0) is 5.56 Å². The molecule has 0 amide bonds. The van der Waals surface area contributed by atoms with Crippen molar-refractivity contribution in [2.24, 2.45) is 5.41 Å². The third kappa shape index (κ3) is 1.14. The van der Waals surface area contributed by atoms with Gasteiger partial charge >= 0.3 is 0 Å². The van der Waals surface area contributed by atoms with Crippen molar-refractivity contribution in [2.45, 2.75) is 20.0 Å². The minimum absolute atomic E-state index is 0.304. The smallest absolute Gasteiger partial charge is 0.0898 e. The number of benzene rings is 1. The molecule has 1 nitrogen and oxygen atoms in total. The maximum atomic E-state index is 5.53. The van der Waals surface area contributed by atoms with Crippen molar-refractivity contribution in [2.75, 3.05) is 6.61 Å². The number of ether oxygens (including phenoxy) is 1. The van der Waals surface area contributed by atoms with Gasteiger partial charge in [0.05, 0.1) is 12.7 Å². The van der Waals surface area contributed by atoms with Gasteiger partial charge in [0.15, 0.2) is 0 Å². The molecule has 2 rings (SSSR count). The average molecular weight is 162 g/mol. The van der Waals surface area contributed by atoms with E-state index in [9.17, 15) is 0 Å². The van der Waals surface area contributed by atoms with E-state index in [0.29, 0.717) is 11.5 Å². The predicted molar refractivity (Wildman–Crippen MR) is 48.9 cm³/mol. The third-order valence-corrected chi connectivity index (χ3v) is 2.43. The van der Waals surface area contributed by atoms with Crippen LogP contribution in [-0.2, 0) is 4.74 Å². The molecule has 1 heterocycles. The van der Waals surface area contributed by atoms with Gasteiger partial charge < -0.3 is 4.74 Å². The standard InChI is InChI=1S/C11H14O/c1-11(2)8-12-10(11)9-6-4-3-5-7-9/h3-7,10H,8H2,1-2H3/t10-/m1/s1. The molecule has 12 heavy (non-hydrogen) atoms. The van der Waals surface area contributed by atoms with E-state index in [-0.39, 0.29) is 0 Å². The van der Waals surface area contributed by atoms with E-state index in [2.05, 4.69) is 38.1 Å². The van der Waals surface area contributed by atoms with Crippen molar-refractivity contribution in [1.82, 2.24) is 0 Å². The van der Waals surface area contributed by atoms with Crippen LogP contribution < -0.4 is 0 Å². The fraction of sp³-hybridized carbons (Fsp3) is 0.455. The maximum Gasteiger partial charge on any atom is 0.0898 e. The van der Waals surface area contributed by atoms with Crippen LogP contribution in [0.4, 0.5) is 0 Å². The van der Waals surface area contributed by atoms with Gasteiger partial charge in [-0.3, -0.25) is 0 Å². The quantitative estimate of drug-likeness (QED) is 0.617. The summed E-state index contributed by atoms with van der Waals surface area (Å²) in [6.07, 6.45) is 0.304. The van der Waals surface area contributed by atoms with Gasteiger partial charge in [0.25, 0.3) is 0 Å². The van der Waals surface area contributed by atoms with Crippen molar-refractivity contribution in [3.8, 4) is 0 Å². The molecule has 1 aliphatic heterocycles. The molecular formula is C11H14O. The van der Waals surface area contributed by atoms with E-state index in [4.69, 9.17) is 4.74 Å². The minimum atomic E-state index is 0.304. The Morgan fingerprint density at radius 3 is 2.33 bits per heavy atom. The molecule has 0 bridgehead atoms. The highest BCUT2D eigenvalue weighted by Crippen LogP contribution is 2.45. The molecular weight excluding hydrogens is 148 g/mol. The molecule has 0 radical (unpaired) electrons. The van der Waals surface area contributed by atoms with E-state index in [1.54, 1.807) is 0 Å². The average Bonchev–Trinajstić information content (AvgIpc) is 2.05. The van der Waals surface area contributed by atoms with Crippen molar-refractivity contribution >= 4 is 0 Å². The van der Waals surface area contributed by atoms with Gasteiger partial charge in [-0.15, -0.1) is 0 Å². The summed E-state index contributed by atoms with van der Waals surface area (Å²) in [5.74, 6) is 0. The van der Waals surface area contributed by atoms with Crippen LogP contribution in [0.5, 0.6) is 0 Å². The lowest BCUT2D eigenvalue weighted by Gasteiger charge is -2.44. The summed E-state index contributed by atoms with van der Waals surface area (Å²) < 4.78 is 5.53. The highest BCUT2D eigenvalue weighted by atomic mass is 16.5. The first-order valence-corrected chi connectivity index (χ1v) is 4.37. The molecule has 0 spiro atoms. The molecule has 0 N–H and O–H groups in total. The second kappa shape index (κ2) is 2.60. The molecule has 0 aliphatic carbocycles. The molecule has 1 atom stereocenters. The predicted octanol–water partition coefficient (Wildman–Crippen LogP) is 2.78. The topological polar surface area (TPSA) is 9.23 Å². The zero-order chi connectivity index (χ0) is 8.60. The summed E-state index contributed by atoms with van der Waals surface area (Å²) in [6.45, 7) is 5.37. The van der Waals surface area contributed by atoms with E-state index in [1.165, 1.54) is 5.56 Å². The fourth-order valence-electron chi connectivity index (χ4n) is 1.68. The zero-order valence-corrected chi connectivity index (χ0v) is 7.58. The molecule has 1 heteroatoms. The fourth-order valence-corrected chi connectivity index (χ4v) is 1.68. The number of hydrogen-bond donors (Lipinski definition) is 0. The van der Waals surface area contributed by atoms with Gasteiger partial charge in [-0.1, -0.05) is 44.2 Å². The molecule has 0 aromatic heterocycles. The largest absolute Gasteiger partial charge is 0.372 e. The Labute approximate surface area is 73.4 Å². The second-order valence-electron chi connectivity index (χ2n) is 4.09. The van der Waals surface area contributed by atoms with Gasteiger partial charge in [-0.25, -0.2) is 0 Å². The molecule has 1 saturated heterocycles. The van der Waals surface area contributed by atoms with Crippen LogP contribution >= 0.6 is 0 Å². The highest BCUT2D eigenvalue weighted by molar-refractivity contribution is 5.21. The Balaban J connectivity index is 2.22. The first kappa shape index (κ1) is 7.81. The maximum absolute atomic E-state index is 5.53. The van der Waals surface area contributed by atoms with Crippen molar-refractivity contribution < 1.29 is 4.74 Å². The van der Waals surface area contributed by atoms with Crippen LogP contribution in [0.3, 0.4) is 0 Å². The van der Waals surface area contributed by atoms with Crippen LogP contribution in [0, 0.1) is 5.41 Å². The Kier molecular flexibility index (Phi) is 1.69. The lowest BCUT2D eigenvalue weighted by molar-refractivity contribution is -0.172. The van der Waals surface area contributed by atoms with Crippen molar-refractivity contribution in [3.05, 3.63) is 35.9 Å². The van der Waals surface area contributed by atoms with E-state index in [1.807, 2.05) is 6.07 Å². The highest BCUT2D eigenvalue weighted by Gasteiger charge is 2.40. The SMILES string of the molecule is CC1(C)CO[C@@H]1c1ccccc1. The van der Waals surface area contributed by atoms with Crippen LogP contribution in [0.2, 0.25) is 0 Å². The van der Waals surface area contributed by atoms with Crippen LogP contribution in [0.15, 0.2) is 30.3 Å². The monoisotopic (exact) mass is 162 g/mol. The van der Waals surface area contributed by atoms with Gasteiger partial charge in [0.2, 0.25) is 0 Å². The molecule has 1 aromatic rings. The number of hydrogen-bond acceptors (Lipinski definition) is 1. The Bertz CT molecular complexity index is 264. The Morgan fingerprint density at radius 2 is 1.92 bits per heavy atom. The Hall–Kier alpha value is -0.820. The third-order valence-electron chi connectivity index (χ3n) is 2.43. The van der Waals surface area contributed by atoms with Crippen molar-refractivity contribution in [1.29, 1.82) is 0 Å². The summed E-state index contributed by atoms with van der Waals surface area (Å²) in [6, 6.07) is 10.4. The molecule has 1 aromatic carbocycles. The molecule has 0 unspecified atom stereocenters. The molecule has 64 valence electrons. The normalized spacial score (nSPS) is 26.3. The van der Waals surface area contributed by atoms with Crippen LogP contribution in [0.1, 0.15) is 25.5 Å². The molecule has 1 fully saturated rings. The van der Waals surface area contributed by atoms with E-state index in [0.717, 1.165) is 6.61 Å².